The van der Waals surface area contributed by atoms with E-state index in [4.69, 9.17) is 5.73 Å². The number of amides is 1. The molecule has 0 radical (unpaired) electrons. The smallest absolute Gasteiger partial charge is 0.217 e. The summed E-state index contributed by atoms with van der Waals surface area (Å²) < 4.78 is 0. The van der Waals surface area contributed by atoms with Crippen LogP contribution >= 0.6 is 0 Å². The maximum atomic E-state index is 10.5. The molecule has 0 bridgehead atoms. The largest absolute Gasteiger partial charge is 0.412 e. The summed E-state index contributed by atoms with van der Waals surface area (Å²) in [6.07, 6.45) is 21.9. The van der Waals surface area contributed by atoms with E-state index in [0.29, 0.717) is 6.42 Å². The lowest BCUT2D eigenvalue weighted by atomic mass is 10.1. The van der Waals surface area contributed by atoms with E-state index in [1.54, 1.807) is 0 Å². The zero-order valence-electron chi connectivity index (χ0n) is 14.0. The Hall–Kier alpha value is -0.830. The molecule has 21 heavy (non-hydrogen) atoms. The van der Waals surface area contributed by atoms with Gasteiger partial charge in [0.25, 0.3) is 0 Å². The second-order valence-electron chi connectivity index (χ2n) is 5.80. The summed E-state index contributed by atoms with van der Waals surface area (Å²) in [5.41, 5.74) is 5.10. The summed E-state index contributed by atoms with van der Waals surface area (Å²) in [5.74, 6) is -0.164. The molecule has 0 unspecified atom stereocenters. The number of carbonyl (C=O) groups is 1. The molecule has 0 heterocycles. The van der Waals surface area contributed by atoms with Crippen molar-refractivity contribution in [3.63, 3.8) is 0 Å². The van der Waals surface area contributed by atoms with E-state index in [1.165, 1.54) is 70.6 Å². The molecule has 4 N–H and O–H groups in total. The van der Waals surface area contributed by atoms with Crippen molar-refractivity contribution < 1.29 is 10.3 Å². The van der Waals surface area contributed by atoms with Gasteiger partial charge in [-0.2, -0.15) is 0 Å². The fourth-order valence-electron chi connectivity index (χ4n) is 2.37. The van der Waals surface area contributed by atoms with Gasteiger partial charge >= 0.3 is 0 Å². The molecule has 0 atom stereocenters. The van der Waals surface area contributed by atoms with Crippen molar-refractivity contribution in [1.82, 2.24) is 0 Å². The number of allylic oxidation sites excluding steroid dienone is 2. The molecular weight excluding hydrogens is 262 g/mol. The standard InChI is InChI=1S/C18H35NO.H2O/c1-2-3-4-5-6-7-8-9-10-11-12-13-14-15-16-17-18(19)20;/h9-10H,2-8,11-17H2,1H3,(H2,19,20);1H2/b10-9-;. The average molecular weight is 299 g/mol. The second kappa shape index (κ2) is 19.2. The average Bonchev–Trinajstić information content (AvgIpc) is 2.43. The third-order valence-corrected chi connectivity index (χ3v) is 3.68. The zero-order valence-corrected chi connectivity index (χ0v) is 14.0. The topological polar surface area (TPSA) is 74.6 Å². The Morgan fingerprint density at radius 3 is 1.67 bits per heavy atom. The van der Waals surface area contributed by atoms with Gasteiger partial charge in [-0.25, -0.2) is 0 Å². The van der Waals surface area contributed by atoms with Crippen molar-refractivity contribution in [1.29, 1.82) is 0 Å². The fraction of sp³-hybridized carbons (Fsp3) is 0.833. The van der Waals surface area contributed by atoms with Crippen LogP contribution in [-0.2, 0) is 4.79 Å². The number of carbonyl (C=O) groups excluding carboxylic acids is 1. The van der Waals surface area contributed by atoms with Gasteiger partial charge in [0.15, 0.2) is 0 Å². The van der Waals surface area contributed by atoms with E-state index >= 15 is 0 Å². The van der Waals surface area contributed by atoms with Crippen LogP contribution < -0.4 is 5.73 Å². The zero-order chi connectivity index (χ0) is 14.9. The van der Waals surface area contributed by atoms with Crippen LogP contribution in [0, 0.1) is 0 Å². The number of primary amides is 1. The van der Waals surface area contributed by atoms with Crippen LogP contribution in [0.15, 0.2) is 12.2 Å². The van der Waals surface area contributed by atoms with Gasteiger partial charge in [-0.3, -0.25) is 4.79 Å². The third-order valence-electron chi connectivity index (χ3n) is 3.68. The summed E-state index contributed by atoms with van der Waals surface area (Å²) >= 11 is 0. The molecule has 3 nitrogen and oxygen atoms in total. The lowest BCUT2D eigenvalue weighted by molar-refractivity contribution is -0.118. The first-order chi connectivity index (χ1) is 9.77. The first-order valence-electron chi connectivity index (χ1n) is 8.70. The van der Waals surface area contributed by atoms with E-state index < -0.39 is 0 Å². The molecule has 0 fully saturated rings. The van der Waals surface area contributed by atoms with E-state index in [0.717, 1.165) is 12.8 Å². The van der Waals surface area contributed by atoms with Crippen molar-refractivity contribution >= 4 is 5.91 Å². The molecule has 0 aliphatic heterocycles. The summed E-state index contributed by atoms with van der Waals surface area (Å²) in [5, 5.41) is 0. The van der Waals surface area contributed by atoms with Crippen LogP contribution in [0.4, 0.5) is 0 Å². The van der Waals surface area contributed by atoms with Crippen LogP contribution in [0.3, 0.4) is 0 Å². The molecule has 126 valence electrons. The van der Waals surface area contributed by atoms with Gasteiger partial charge in [0, 0.05) is 6.42 Å². The van der Waals surface area contributed by atoms with Gasteiger partial charge in [-0.1, -0.05) is 70.4 Å². The summed E-state index contributed by atoms with van der Waals surface area (Å²) in [6, 6.07) is 0. The monoisotopic (exact) mass is 299 g/mol. The van der Waals surface area contributed by atoms with Crippen molar-refractivity contribution in [2.75, 3.05) is 0 Å². The van der Waals surface area contributed by atoms with Crippen LogP contribution in [-0.4, -0.2) is 11.4 Å². The van der Waals surface area contributed by atoms with E-state index in [1.807, 2.05) is 0 Å². The molecule has 0 saturated carbocycles. The van der Waals surface area contributed by atoms with E-state index in [2.05, 4.69) is 19.1 Å². The lowest BCUT2D eigenvalue weighted by Gasteiger charge is -1.99. The molecule has 0 aliphatic carbocycles. The molecule has 1 amide bonds. The molecule has 3 heteroatoms. The van der Waals surface area contributed by atoms with Gasteiger partial charge < -0.3 is 11.2 Å². The Morgan fingerprint density at radius 2 is 1.19 bits per heavy atom. The number of unbranched alkanes of at least 4 members (excludes halogenated alkanes) is 11. The number of hydrogen-bond acceptors (Lipinski definition) is 1. The second-order valence-corrected chi connectivity index (χ2v) is 5.80. The van der Waals surface area contributed by atoms with Crippen molar-refractivity contribution in [2.24, 2.45) is 5.73 Å². The molecular formula is C18H37NO2. The van der Waals surface area contributed by atoms with Crippen molar-refractivity contribution in [2.45, 2.75) is 96.8 Å². The highest BCUT2D eigenvalue weighted by atomic mass is 16.1. The number of hydrogen-bond donors (Lipinski definition) is 1. The molecule has 0 saturated heterocycles. The summed E-state index contributed by atoms with van der Waals surface area (Å²) in [7, 11) is 0. The van der Waals surface area contributed by atoms with Crippen LogP contribution in [0.25, 0.3) is 0 Å². The van der Waals surface area contributed by atoms with Crippen LogP contribution in [0.5, 0.6) is 0 Å². The van der Waals surface area contributed by atoms with Crippen molar-refractivity contribution in [3.05, 3.63) is 12.2 Å². The first-order valence-corrected chi connectivity index (χ1v) is 8.70. The minimum atomic E-state index is -0.164. The maximum absolute atomic E-state index is 10.5. The number of rotatable bonds is 15. The molecule has 0 aromatic rings. The van der Waals surface area contributed by atoms with Crippen molar-refractivity contribution in [3.8, 4) is 0 Å². The molecule has 0 spiro atoms. The van der Waals surface area contributed by atoms with E-state index in [-0.39, 0.29) is 11.4 Å². The van der Waals surface area contributed by atoms with E-state index in [9.17, 15) is 4.79 Å². The maximum Gasteiger partial charge on any atom is 0.217 e. The fourth-order valence-corrected chi connectivity index (χ4v) is 2.37. The minimum Gasteiger partial charge on any atom is -0.412 e. The normalized spacial score (nSPS) is 10.7. The number of nitrogens with two attached hydrogens (primary N) is 1. The SMILES string of the molecule is CCCCCCCC/C=C\CCCCCCCC(N)=O.O. The highest BCUT2D eigenvalue weighted by molar-refractivity contribution is 5.73. The molecule has 0 aliphatic rings. The minimum absolute atomic E-state index is 0. The van der Waals surface area contributed by atoms with Gasteiger partial charge in [-0.05, 0) is 32.1 Å². The van der Waals surface area contributed by atoms with Crippen LogP contribution in [0.1, 0.15) is 96.8 Å². The highest BCUT2D eigenvalue weighted by Crippen LogP contribution is 2.09. The molecule has 0 rings (SSSR count). The van der Waals surface area contributed by atoms with Gasteiger partial charge in [0.05, 0.1) is 0 Å². The Kier molecular flexibility index (Phi) is 20.5. The molecule has 0 aromatic heterocycles. The van der Waals surface area contributed by atoms with Gasteiger partial charge in [0.2, 0.25) is 5.91 Å². The Labute approximate surface area is 131 Å². The van der Waals surface area contributed by atoms with Gasteiger partial charge in [-0.15, -0.1) is 0 Å². The third kappa shape index (κ3) is 21.6. The predicted octanol–water partition coefficient (Wildman–Crippen LogP) is 4.68. The first kappa shape index (κ1) is 22.5. The van der Waals surface area contributed by atoms with Gasteiger partial charge in [0.1, 0.15) is 0 Å². The summed E-state index contributed by atoms with van der Waals surface area (Å²) in [4.78, 5) is 10.5. The quantitative estimate of drug-likeness (QED) is 0.346. The Balaban J connectivity index is 0. The molecule has 0 aromatic carbocycles. The Bertz CT molecular complexity index is 239. The van der Waals surface area contributed by atoms with Crippen LogP contribution in [0.2, 0.25) is 0 Å². The Morgan fingerprint density at radius 1 is 0.762 bits per heavy atom. The lowest BCUT2D eigenvalue weighted by Crippen LogP contribution is -2.09. The predicted molar refractivity (Wildman–Crippen MR) is 92.3 cm³/mol. The summed E-state index contributed by atoms with van der Waals surface area (Å²) in [6.45, 7) is 2.26. The highest BCUT2D eigenvalue weighted by Gasteiger charge is 1.94.